The molecule has 0 radical (unpaired) electrons. The average Bonchev–Trinajstić information content (AvgIpc) is 2.76. The number of esters is 1. The molecule has 9 heteroatoms. The molecule has 0 unspecified atom stereocenters. The number of carbonyl (C=O) groups is 1. The molecule has 0 aliphatic carbocycles. The molecule has 0 N–H and O–H groups in total. The fourth-order valence-corrected chi connectivity index (χ4v) is 3.16. The fourth-order valence-electron chi connectivity index (χ4n) is 3.16. The molecule has 0 bridgehead atoms. The lowest BCUT2D eigenvalue weighted by atomic mass is 10.0. The zero-order chi connectivity index (χ0) is 24.3. The van der Waals surface area contributed by atoms with Gasteiger partial charge >= 0.3 is 12.1 Å². The van der Waals surface area contributed by atoms with Crippen LogP contribution in [0.2, 0.25) is 0 Å². The summed E-state index contributed by atoms with van der Waals surface area (Å²) in [5, 5.41) is -0.0775. The zero-order valence-electron chi connectivity index (χ0n) is 18.5. The fraction of sp³-hybridized carbons (Fsp3) is 0.333. The number of alkyl halides is 3. The molecule has 1 heterocycles. The number of benzene rings is 2. The maximum absolute atomic E-state index is 13.9. The van der Waals surface area contributed by atoms with Crippen LogP contribution in [0.15, 0.2) is 51.7 Å². The van der Waals surface area contributed by atoms with Gasteiger partial charge in [-0.05, 0) is 31.0 Å². The van der Waals surface area contributed by atoms with Crippen molar-refractivity contribution in [1.82, 2.24) is 0 Å². The smallest absolute Gasteiger partial charge is 0.450 e. The normalized spacial score (nSPS) is 12.6. The molecule has 6 nitrogen and oxygen atoms in total. The zero-order valence-corrected chi connectivity index (χ0v) is 18.5. The Balaban J connectivity index is 2.08. The molecular formula is C24H23F3O6. The summed E-state index contributed by atoms with van der Waals surface area (Å²) in [7, 11) is 1.30. The van der Waals surface area contributed by atoms with E-state index in [9.17, 15) is 22.8 Å². The van der Waals surface area contributed by atoms with Crippen LogP contribution in [-0.4, -0.2) is 25.8 Å². The summed E-state index contributed by atoms with van der Waals surface area (Å²) in [5.74, 6) is -1.78. The summed E-state index contributed by atoms with van der Waals surface area (Å²) in [6, 6.07) is 9.70. The van der Waals surface area contributed by atoms with Gasteiger partial charge in [-0.15, -0.1) is 0 Å². The van der Waals surface area contributed by atoms with E-state index in [2.05, 4.69) is 0 Å². The van der Waals surface area contributed by atoms with Gasteiger partial charge in [-0.1, -0.05) is 32.0 Å². The average molecular weight is 464 g/mol. The highest BCUT2D eigenvalue weighted by Crippen LogP contribution is 2.40. The number of carbonyl (C=O) groups excluding carboxylic acids is 1. The van der Waals surface area contributed by atoms with Crippen LogP contribution in [0, 0.1) is 5.92 Å². The first-order valence-corrected chi connectivity index (χ1v) is 10.2. The molecule has 0 fully saturated rings. The van der Waals surface area contributed by atoms with Gasteiger partial charge in [0.05, 0.1) is 24.7 Å². The van der Waals surface area contributed by atoms with Gasteiger partial charge in [-0.3, -0.25) is 4.79 Å². The number of halogens is 3. The molecule has 3 aromatic rings. The Kier molecular flexibility index (Phi) is 7.00. The number of ether oxygens (including phenoxy) is 3. The molecule has 0 saturated heterocycles. The summed E-state index contributed by atoms with van der Waals surface area (Å²) in [4.78, 5) is 25.2. The van der Waals surface area contributed by atoms with Gasteiger partial charge in [0.1, 0.15) is 17.1 Å². The summed E-state index contributed by atoms with van der Waals surface area (Å²) in [6.45, 7) is 5.41. The van der Waals surface area contributed by atoms with Gasteiger partial charge in [-0.25, -0.2) is 4.79 Å². The van der Waals surface area contributed by atoms with E-state index >= 15 is 0 Å². The van der Waals surface area contributed by atoms with Gasteiger partial charge in [0.25, 0.3) is 0 Å². The van der Waals surface area contributed by atoms with Crippen molar-refractivity contribution in [2.45, 2.75) is 33.1 Å². The van der Waals surface area contributed by atoms with E-state index in [1.807, 2.05) is 13.8 Å². The van der Waals surface area contributed by atoms with Crippen LogP contribution >= 0.6 is 0 Å². The molecule has 2 aromatic carbocycles. The highest BCUT2D eigenvalue weighted by atomic mass is 19.4. The van der Waals surface area contributed by atoms with Crippen molar-refractivity contribution in [2.24, 2.45) is 5.92 Å². The van der Waals surface area contributed by atoms with Crippen molar-refractivity contribution in [3.8, 4) is 22.6 Å². The molecule has 1 atom stereocenters. The second-order valence-electron chi connectivity index (χ2n) is 7.78. The first-order valence-electron chi connectivity index (χ1n) is 10.2. The van der Waals surface area contributed by atoms with Gasteiger partial charge in [0.2, 0.25) is 11.2 Å². The molecule has 0 amide bonds. The van der Waals surface area contributed by atoms with Crippen LogP contribution < -0.4 is 14.9 Å². The van der Waals surface area contributed by atoms with Crippen LogP contribution in [0.25, 0.3) is 22.1 Å². The molecule has 0 aliphatic heterocycles. The molecule has 33 heavy (non-hydrogen) atoms. The molecular weight excluding hydrogens is 441 g/mol. The lowest BCUT2D eigenvalue weighted by Gasteiger charge is -2.17. The molecule has 0 aliphatic rings. The van der Waals surface area contributed by atoms with Gasteiger partial charge in [-0.2, -0.15) is 13.2 Å². The predicted molar refractivity (Wildman–Crippen MR) is 115 cm³/mol. The summed E-state index contributed by atoms with van der Waals surface area (Å²) >= 11 is 0. The molecule has 3 rings (SSSR count). The predicted octanol–water partition coefficient (Wildman–Crippen LogP) is 5.45. The van der Waals surface area contributed by atoms with E-state index in [4.69, 9.17) is 18.6 Å². The molecule has 1 aromatic heterocycles. The van der Waals surface area contributed by atoms with Crippen LogP contribution in [0.1, 0.15) is 26.5 Å². The van der Waals surface area contributed by atoms with E-state index in [1.165, 1.54) is 44.4 Å². The highest BCUT2D eigenvalue weighted by Gasteiger charge is 2.40. The second-order valence-corrected chi connectivity index (χ2v) is 7.78. The van der Waals surface area contributed by atoms with Gasteiger partial charge < -0.3 is 18.6 Å². The Hall–Kier alpha value is -3.49. The van der Waals surface area contributed by atoms with Crippen molar-refractivity contribution in [3.05, 3.63) is 58.4 Å². The quantitative estimate of drug-likeness (QED) is 0.433. The van der Waals surface area contributed by atoms with Crippen molar-refractivity contribution >= 4 is 16.9 Å². The highest BCUT2D eigenvalue weighted by molar-refractivity contribution is 5.85. The van der Waals surface area contributed by atoms with Crippen molar-refractivity contribution < 1.29 is 36.6 Å². The number of fused-ring (bicyclic) bond motifs is 1. The molecule has 0 spiro atoms. The van der Waals surface area contributed by atoms with Crippen LogP contribution in [0.5, 0.6) is 11.5 Å². The minimum atomic E-state index is -4.95. The summed E-state index contributed by atoms with van der Waals surface area (Å²) < 4.78 is 62.5. The van der Waals surface area contributed by atoms with Crippen LogP contribution in [0.4, 0.5) is 13.2 Å². The first-order chi connectivity index (χ1) is 15.5. The maximum Gasteiger partial charge on any atom is 0.450 e. The van der Waals surface area contributed by atoms with E-state index in [0.717, 1.165) is 6.07 Å². The Labute approximate surface area is 187 Å². The number of para-hydroxylation sites is 1. The third-order valence-corrected chi connectivity index (χ3v) is 4.70. The van der Waals surface area contributed by atoms with Gasteiger partial charge in [0.15, 0.2) is 6.10 Å². The minimum absolute atomic E-state index is 0.0372. The van der Waals surface area contributed by atoms with Crippen LogP contribution in [0.3, 0.4) is 0 Å². The first kappa shape index (κ1) is 24.2. The SMILES string of the molecule is COc1ccccc1-c1c(C(F)(F)F)oc2cc(O[C@H](C)C(=O)OCC(C)C)ccc2c1=O. The number of hydrogen-bond donors (Lipinski definition) is 0. The lowest BCUT2D eigenvalue weighted by Crippen LogP contribution is -2.27. The third kappa shape index (κ3) is 5.30. The number of hydrogen-bond acceptors (Lipinski definition) is 6. The monoisotopic (exact) mass is 464 g/mol. The molecule has 176 valence electrons. The minimum Gasteiger partial charge on any atom is -0.496 e. The Bertz CT molecular complexity index is 1210. The van der Waals surface area contributed by atoms with E-state index in [1.54, 1.807) is 6.07 Å². The van der Waals surface area contributed by atoms with Crippen molar-refractivity contribution in [1.29, 1.82) is 0 Å². The maximum atomic E-state index is 13.9. The van der Waals surface area contributed by atoms with E-state index < -0.39 is 35.0 Å². The summed E-state index contributed by atoms with van der Waals surface area (Å²) in [5.41, 5.74) is -1.88. The third-order valence-electron chi connectivity index (χ3n) is 4.70. The lowest BCUT2D eigenvalue weighted by molar-refractivity contribution is -0.152. The molecule has 0 saturated carbocycles. The van der Waals surface area contributed by atoms with E-state index in [-0.39, 0.29) is 40.6 Å². The van der Waals surface area contributed by atoms with Crippen LogP contribution in [-0.2, 0) is 15.7 Å². The van der Waals surface area contributed by atoms with Gasteiger partial charge in [0, 0.05) is 11.6 Å². The van der Waals surface area contributed by atoms with E-state index in [0.29, 0.717) is 0 Å². The second kappa shape index (κ2) is 9.56. The Morgan fingerprint density at radius 2 is 1.79 bits per heavy atom. The largest absolute Gasteiger partial charge is 0.496 e. The summed E-state index contributed by atoms with van der Waals surface area (Å²) in [6.07, 6.45) is -5.96. The number of methoxy groups -OCH3 is 1. The Morgan fingerprint density at radius 1 is 1.09 bits per heavy atom. The Morgan fingerprint density at radius 3 is 2.42 bits per heavy atom. The standard InChI is InChI=1S/C24H23F3O6/c1-13(2)12-31-23(29)14(3)32-15-9-10-17-19(11-15)33-22(24(25,26)27)20(21(17)28)16-7-5-6-8-18(16)30-4/h5-11,13-14H,12H2,1-4H3/t14-/m1/s1. The topological polar surface area (TPSA) is 75.0 Å². The number of rotatable bonds is 7. The van der Waals surface area contributed by atoms with Crippen molar-refractivity contribution in [2.75, 3.05) is 13.7 Å². The van der Waals surface area contributed by atoms with Crippen molar-refractivity contribution in [3.63, 3.8) is 0 Å².